The Morgan fingerprint density at radius 1 is 1.20 bits per heavy atom. The third-order valence-corrected chi connectivity index (χ3v) is 3.72. The molecule has 1 aliphatic carbocycles. The van der Waals surface area contributed by atoms with E-state index in [9.17, 15) is 0 Å². The van der Waals surface area contributed by atoms with E-state index in [1.54, 1.807) is 0 Å². The highest BCUT2D eigenvalue weighted by Gasteiger charge is 2.24. The molecule has 0 unspecified atom stereocenters. The molecule has 0 spiro atoms. The molecule has 0 radical (unpaired) electrons. The van der Waals surface area contributed by atoms with Crippen molar-refractivity contribution in [3.63, 3.8) is 0 Å². The summed E-state index contributed by atoms with van der Waals surface area (Å²) in [5.74, 6) is 0.695. The minimum atomic E-state index is 0.695. The maximum atomic E-state index is 5.53. The number of aromatic amines is 1. The first-order valence-corrected chi connectivity index (χ1v) is 6.09. The van der Waals surface area contributed by atoms with Gasteiger partial charge in [0.15, 0.2) is 0 Å². The van der Waals surface area contributed by atoms with Crippen LogP contribution in [0.2, 0.25) is 0 Å². The van der Waals surface area contributed by atoms with Crippen LogP contribution in [0.1, 0.15) is 55.0 Å². The molecule has 15 heavy (non-hydrogen) atoms. The van der Waals surface area contributed by atoms with Crippen molar-refractivity contribution in [3.05, 3.63) is 17.0 Å². The van der Waals surface area contributed by atoms with Gasteiger partial charge in [0.05, 0.1) is 18.9 Å². The largest absolute Gasteiger partial charge is 0.376 e. The van der Waals surface area contributed by atoms with E-state index in [1.807, 2.05) is 0 Å². The first-order valence-electron chi connectivity index (χ1n) is 6.09. The molecule has 1 aromatic heterocycles. The Kier molecular flexibility index (Phi) is 2.49. The van der Waals surface area contributed by atoms with E-state index in [4.69, 9.17) is 4.74 Å². The summed E-state index contributed by atoms with van der Waals surface area (Å²) in [6.45, 7) is 1.62. The van der Waals surface area contributed by atoms with Gasteiger partial charge in [0.25, 0.3) is 0 Å². The highest BCUT2D eigenvalue weighted by atomic mass is 16.5. The second-order valence-electron chi connectivity index (χ2n) is 4.70. The van der Waals surface area contributed by atoms with Crippen molar-refractivity contribution in [2.24, 2.45) is 0 Å². The molecule has 2 heterocycles. The first-order chi connectivity index (χ1) is 7.45. The number of nitrogens with zero attached hydrogens (tertiary/aromatic N) is 1. The molecular weight excluding hydrogens is 188 g/mol. The van der Waals surface area contributed by atoms with Crippen molar-refractivity contribution in [1.82, 2.24) is 10.2 Å². The number of rotatable bonds is 1. The summed E-state index contributed by atoms with van der Waals surface area (Å²) in [7, 11) is 0. The van der Waals surface area contributed by atoms with Crippen LogP contribution in [0.25, 0.3) is 0 Å². The van der Waals surface area contributed by atoms with Gasteiger partial charge in [-0.3, -0.25) is 5.10 Å². The molecule has 3 rings (SSSR count). The zero-order valence-corrected chi connectivity index (χ0v) is 9.09. The van der Waals surface area contributed by atoms with Gasteiger partial charge < -0.3 is 4.74 Å². The topological polar surface area (TPSA) is 37.9 Å². The molecule has 0 amide bonds. The average molecular weight is 206 g/mol. The van der Waals surface area contributed by atoms with E-state index >= 15 is 0 Å². The molecule has 1 aliphatic heterocycles. The monoisotopic (exact) mass is 206 g/mol. The number of H-pyrrole nitrogens is 1. The third kappa shape index (κ3) is 1.69. The van der Waals surface area contributed by atoms with Gasteiger partial charge >= 0.3 is 0 Å². The standard InChI is InChI=1S/C12H18N2O/c1-2-4-9(5-3-1)12-10-8-15-7-6-11(10)13-14-12/h9H,1-8H2,(H,13,14). The number of aromatic nitrogens is 2. The fraction of sp³-hybridized carbons (Fsp3) is 0.750. The van der Waals surface area contributed by atoms with Crippen molar-refractivity contribution >= 4 is 0 Å². The van der Waals surface area contributed by atoms with E-state index in [1.165, 1.54) is 49.1 Å². The highest BCUT2D eigenvalue weighted by molar-refractivity contribution is 5.29. The quantitative estimate of drug-likeness (QED) is 0.766. The Labute approximate surface area is 90.2 Å². The average Bonchev–Trinajstić information content (AvgIpc) is 2.74. The fourth-order valence-corrected chi connectivity index (χ4v) is 2.85. The van der Waals surface area contributed by atoms with Gasteiger partial charge in [-0.2, -0.15) is 5.10 Å². The van der Waals surface area contributed by atoms with Crippen LogP contribution in [0.4, 0.5) is 0 Å². The SMILES string of the molecule is C1CCC(c2n[nH]c3c2COCC3)CC1. The predicted octanol–water partition coefficient (Wildman–Crippen LogP) is 2.53. The van der Waals surface area contributed by atoms with Crippen molar-refractivity contribution in [2.75, 3.05) is 6.61 Å². The molecule has 0 bridgehead atoms. The van der Waals surface area contributed by atoms with E-state index in [0.29, 0.717) is 5.92 Å². The van der Waals surface area contributed by atoms with Crippen LogP contribution >= 0.6 is 0 Å². The van der Waals surface area contributed by atoms with E-state index in [0.717, 1.165) is 19.6 Å². The van der Waals surface area contributed by atoms with Gasteiger partial charge in [-0.25, -0.2) is 0 Å². The molecular formula is C12H18N2O. The van der Waals surface area contributed by atoms with Crippen LogP contribution in [-0.2, 0) is 17.8 Å². The summed E-state index contributed by atoms with van der Waals surface area (Å²) in [5, 5.41) is 7.71. The number of nitrogens with one attached hydrogen (secondary N) is 1. The number of fused-ring (bicyclic) bond motifs is 1. The molecule has 3 nitrogen and oxygen atoms in total. The highest BCUT2D eigenvalue weighted by Crippen LogP contribution is 2.35. The lowest BCUT2D eigenvalue weighted by Gasteiger charge is -2.22. The summed E-state index contributed by atoms with van der Waals surface area (Å²) in [6.07, 6.45) is 7.78. The van der Waals surface area contributed by atoms with Crippen molar-refractivity contribution in [1.29, 1.82) is 0 Å². The maximum absolute atomic E-state index is 5.53. The lowest BCUT2D eigenvalue weighted by atomic mass is 9.85. The Morgan fingerprint density at radius 2 is 2.07 bits per heavy atom. The summed E-state index contributed by atoms with van der Waals surface area (Å²) in [5.41, 5.74) is 4.00. The fourth-order valence-electron chi connectivity index (χ4n) is 2.85. The lowest BCUT2D eigenvalue weighted by Crippen LogP contribution is -2.12. The Hall–Kier alpha value is -0.830. The van der Waals surface area contributed by atoms with E-state index < -0.39 is 0 Å². The van der Waals surface area contributed by atoms with Gasteiger partial charge in [0, 0.05) is 23.6 Å². The number of hydrogen-bond acceptors (Lipinski definition) is 2. The molecule has 2 aliphatic rings. The van der Waals surface area contributed by atoms with Crippen LogP contribution in [0.3, 0.4) is 0 Å². The van der Waals surface area contributed by atoms with Gasteiger partial charge in [-0.15, -0.1) is 0 Å². The molecule has 1 saturated carbocycles. The Bertz CT molecular complexity index is 339. The van der Waals surface area contributed by atoms with Crippen LogP contribution in [-0.4, -0.2) is 16.8 Å². The smallest absolute Gasteiger partial charge is 0.0753 e. The summed E-state index contributed by atoms with van der Waals surface area (Å²) in [4.78, 5) is 0. The molecule has 1 fully saturated rings. The second-order valence-corrected chi connectivity index (χ2v) is 4.70. The molecule has 1 aromatic rings. The number of ether oxygens (including phenoxy) is 1. The molecule has 0 atom stereocenters. The van der Waals surface area contributed by atoms with Gasteiger partial charge in [0.2, 0.25) is 0 Å². The molecule has 3 heteroatoms. The number of hydrogen-bond donors (Lipinski definition) is 1. The van der Waals surface area contributed by atoms with Crippen LogP contribution in [0, 0.1) is 0 Å². The van der Waals surface area contributed by atoms with Gasteiger partial charge in [0.1, 0.15) is 0 Å². The summed E-state index contributed by atoms with van der Waals surface area (Å²) >= 11 is 0. The predicted molar refractivity (Wildman–Crippen MR) is 57.8 cm³/mol. The lowest BCUT2D eigenvalue weighted by molar-refractivity contribution is 0.109. The van der Waals surface area contributed by atoms with Crippen LogP contribution in [0.5, 0.6) is 0 Å². The van der Waals surface area contributed by atoms with Crippen LogP contribution in [0.15, 0.2) is 0 Å². The zero-order valence-electron chi connectivity index (χ0n) is 9.09. The minimum Gasteiger partial charge on any atom is -0.376 e. The first kappa shape index (κ1) is 9.40. The second kappa shape index (κ2) is 3.97. The maximum Gasteiger partial charge on any atom is 0.0753 e. The van der Waals surface area contributed by atoms with E-state index in [2.05, 4.69) is 10.2 Å². The van der Waals surface area contributed by atoms with Crippen molar-refractivity contribution < 1.29 is 4.74 Å². The van der Waals surface area contributed by atoms with Crippen molar-refractivity contribution in [3.8, 4) is 0 Å². The van der Waals surface area contributed by atoms with E-state index in [-0.39, 0.29) is 0 Å². The minimum absolute atomic E-state index is 0.695. The molecule has 0 aromatic carbocycles. The summed E-state index contributed by atoms with van der Waals surface area (Å²) < 4.78 is 5.53. The Balaban J connectivity index is 1.87. The van der Waals surface area contributed by atoms with Crippen molar-refractivity contribution in [2.45, 2.75) is 51.0 Å². The zero-order chi connectivity index (χ0) is 10.1. The summed E-state index contributed by atoms with van der Waals surface area (Å²) in [6, 6.07) is 0. The molecule has 82 valence electrons. The van der Waals surface area contributed by atoms with Gasteiger partial charge in [-0.05, 0) is 12.8 Å². The normalized spacial score (nSPS) is 22.7. The third-order valence-electron chi connectivity index (χ3n) is 3.72. The molecule has 1 N–H and O–H groups in total. The van der Waals surface area contributed by atoms with Gasteiger partial charge in [-0.1, -0.05) is 19.3 Å². The Morgan fingerprint density at radius 3 is 2.93 bits per heavy atom. The molecule has 0 saturated heterocycles. The van der Waals surface area contributed by atoms with Crippen LogP contribution < -0.4 is 0 Å².